The van der Waals surface area contributed by atoms with Crippen molar-refractivity contribution in [2.24, 2.45) is 9.98 Å². The Kier molecular flexibility index (Phi) is 4.87. The minimum atomic E-state index is 0.786. The third-order valence-corrected chi connectivity index (χ3v) is 1.65. The van der Waals surface area contributed by atoms with Crippen LogP contribution in [0.2, 0.25) is 0 Å². The Bertz CT molecular complexity index is 207. The van der Waals surface area contributed by atoms with E-state index in [2.05, 4.69) is 15.3 Å². The van der Waals surface area contributed by atoms with Gasteiger partial charge >= 0.3 is 0 Å². The fraction of sp³-hybridized carbons (Fsp3) is 0.750. The molecule has 0 amide bonds. The van der Waals surface area contributed by atoms with Crippen LogP contribution in [0.3, 0.4) is 0 Å². The van der Waals surface area contributed by atoms with Crippen LogP contribution in [0.25, 0.3) is 0 Å². The molecule has 0 radical (unpaired) electrons. The summed E-state index contributed by atoms with van der Waals surface area (Å²) in [6.07, 6.45) is 0. The van der Waals surface area contributed by atoms with Gasteiger partial charge in [0, 0.05) is 42.3 Å². The Morgan fingerprint density at radius 2 is 1.62 bits per heavy atom. The van der Waals surface area contributed by atoms with E-state index >= 15 is 0 Å². The van der Waals surface area contributed by atoms with E-state index in [1.807, 2.05) is 38.0 Å². The fourth-order valence-electron chi connectivity index (χ4n) is 1.17. The maximum Gasteiger partial charge on any atom is 0.202 e. The lowest BCUT2D eigenvalue weighted by atomic mass is 10.6. The van der Waals surface area contributed by atoms with Gasteiger partial charge in [0.1, 0.15) is 0 Å². The van der Waals surface area contributed by atoms with Gasteiger partial charge in [0.15, 0.2) is 5.96 Å². The third kappa shape index (κ3) is 2.93. The minimum Gasteiger partial charge on any atom is -0.359 e. The van der Waals surface area contributed by atoms with Gasteiger partial charge in [-0.2, -0.15) is 0 Å². The highest BCUT2D eigenvalue weighted by molar-refractivity contribution is 5.97. The molecule has 0 saturated carbocycles. The van der Waals surface area contributed by atoms with Gasteiger partial charge in [-0.1, -0.05) is 0 Å². The Balaban J connectivity index is 4.65. The van der Waals surface area contributed by atoms with Crippen molar-refractivity contribution in [3.8, 4) is 0 Å². The van der Waals surface area contributed by atoms with E-state index in [4.69, 9.17) is 0 Å². The van der Waals surface area contributed by atoms with E-state index in [-0.39, 0.29) is 0 Å². The highest BCUT2D eigenvalue weighted by Gasteiger charge is 2.11. The minimum absolute atomic E-state index is 0.786. The molecule has 5 nitrogen and oxygen atoms in total. The Morgan fingerprint density at radius 3 is 1.85 bits per heavy atom. The van der Waals surface area contributed by atoms with Crippen LogP contribution < -0.4 is 5.32 Å². The van der Waals surface area contributed by atoms with Gasteiger partial charge in [-0.05, 0) is 0 Å². The molecule has 0 rings (SSSR count). The summed E-state index contributed by atoms with van der Waals surface area (Å²) >= 11 is 0. The molecule has 0 unspecified atom stereocenters. The molecule has 0 aromatic heterocycles. The van der Waals surface area contributed by atoms with Crippen molar-refractivity contribution in [1.29, 1.82) is 0 Å². The van der Waals surface area contributed by atoms with E-state index in [1.165, 1.54) is 0 Å². The molecule has 0 atom stereocenters. The maximum atomic E-state index is 4.15. The highest BCUT2D eigenvalue weighted by atomic mass is 15.4. The average Bonchev–Trinajstić information content (AvgIpc) is 2.07. The molecule has 0 bridgehead atoms. The fourth-order valence-corrected chi connectivity index (χ4v) is 1.17. The maximum absolute atomic E-state index is 4.15. The van der Waals surface area contributed by atoms with E-state index in [0.717, 1.165) is 11.9 Å². The van der Waals surface area contributed by atoms with Crippen LogP contribution in [0, 0.1) is 0 Å². The second-order valence-electron chi connectivity index (χ2n) is 2.77. The van der Waals surface area contributed by atoms with Crippen LogP contribution in [0.5, 0.6) is 0 Å². The summed E-state index contributed by atoms with van der Waals surface area (Å²) in [6.45, 7) is 0. The second kappa shape index (κ2) is 5.40. The first-order valence-electron chi connectivity index (χ1n) is 4.10. The summed E-state index contributed by atoms with van der Waals surface area (Å²) in [7, 11) is 11.1. The van der Waals surface area contributed by atoms with E-state index < -0.39 is 0 Å². The van der Waals surface area contributed by atoms with Gasteiger partial charge in [0.05, 0.1) is 0 Å². The van der Waals surface area contributed by atoms with Crippen LogP contribution >= 0.6 is 0 Å². The lowest BCUT2D eigenvalue weighted by molar-refractivity contribution is 0.523. The van der Waals surface area contributed by atoms with Crippen LogP contribution in [0.1, 0.15) is 0 Å². The van der Waals surface area contributed by atoms with Crippen molar-refractivity contribution in [3.05, 3.63) is 0 Å². The van der Waals surface area contributed by atoms with Gasteiger partial charge in [-0.15, -0.1) is 0 Å². The number of guanidine groups is 2. The molecule has 0 saturated heterocycles. The normalized spacial score (nSPS) is 12.8. The molecule has 0 spiro atoms. The van der Waals surface area contributed by atoms with Gasteiger partial charge in [-0.25, -0.2) is 0 Å². The number of nitrogens with one attached hydrogen (secondary N) is 1. The molecule has 0 aromatic rings. The van der Waals surface area contributed by atoms with Gasteiger partial charge in [0.25, 0.3) is 0 Å². The highest BCUT2D eigenvalue weighted by Crippen LogP contribution is 1.91. The summed E-state index contributed by atoms with van der Waals surface area (Å²) in [5.74, 6) is 1.64. The van der Waals surface area contributed by atoms with Crippen molar-refractivity contribution in [3.63, 3.8) is 0 Å². The van der Waals surface area contributed by atoms with Gasteiger partial charge in [-0.3, -0.25) is 14.9 Å². The zero-order valence-electron chi connectivity index (χ0n) is 9.29. The zero-order chi connectivity index (χ0) is 10.4. The molecule has 0 aliphatic carbocycles. The first-order valence-corrected chi connectivity index (χ1v) is 4.10. The molecule has 0 aliphatic rings. The molecular weight excluding hydrogens is 166 g/mol. The summed E-state index contributed by atoms with van der Waals surface area (Å²) in [6, 6.07) is 0. The number of nitrogens with zero attached hydrogens (tertiary/aromatic N) is 4. The summed E-state index contributed by atoms with van der Waals surface area (Å²) in [4.78, 5) is 12.1. The van der Waals surface area contributed by atoms with E-state index in [1.54, 1.807) is 14.1 Å². The summed E-state index contributed by atoms with van der Waals surface area (Å²) in [5, 5.41) is 2.99. The number of hydrogen-bond acceptors (Lipinski definition) is 2. The Hall–Kier alpha value is -1.26. The lowest BCUT2D eigenvalue weighted by Crippen LogP contribution is -2.46. The van der Waals surface area contributed by atoms with Crippen LogP contribution in [-0.2, 0) is 0 Å². The summed E-state index contributed by atoms with van der Waals surface area (Å²) in [5.41, 5.74) is 0. The Morgan fingerprint density at radius 1 is 1.08 bits per heavy atom. The van der Waals surface area contributed by atoms with Crippen molar-refractivity contribution < 1.29 is 0 Å². The quantitative estimate of drug-likeness (QED) is 0.415. The van der Waals surface area contributed by atoms with E-state index in [9.17, 15) is 0 Å². The number of hydrogen-bond donors (Lipinski definition) is 1. The molecule has 0 aliphatic heterocycles. The van der Waals surface area contributed by atoms with Crippen LogP contribution in [-0.4, -0.2) is 64.0 Å². The van der Waals surface area contributed by atoms with Crippen molar-refractivity contribution >= 4 is 11.9 Å². The standard InChI is InChI=1S/C8H19N5/c1-9-7(10-2)13(6)8(11-3)12(4)5/h1-6H3,(H,9,10)/b11-8+. The molecular formula is C8H19N5. The average molecular weight is 185 g/mol. The molecule has 1 N–H and O–H groups in total. The zero-order valence-corrected chi connectivity index (χ0v) is 9.29. The topological polar surface area (TPSA) is 43.2 Å². The smallest absolute Gasteiger partial charge is 0.202 e. The molecule has 5 heteroatoms. The van der Waals surface area contributed by atoms with Gasteiger partial charge in [0.2, 0.25) is 5.96 Å². The first kappa shape index (κ1) is 11.7. The predicted molar refractivity (Wildman–Crippen MR) is 57.2 cm³/mol. The van der Waals surface area contributed by atoms with Gasteiger partial charge < -0.3 is 10.2 Å². The predicted octanol–water partition coefficient (Wildman–Crippen LogP) is -0.329. The molecule has 76 valence electrons. The SMILES string of the molecule is C/N=C(\NC)N(C)/C(=N/C)N(C)C. The molecule has 0 heterocycles. The Labute approximate surface area is 80.2 Å². The third-order valence-electron chi connectivity index (χ3n) is 1.65. The van der Waals surface area contributed by atoms with Crippen molar-refractivity contribution in [2.45, 2.75) is 0 Å². The molecule has 0 aromatic carbocycles. The number of aliphatic imine (C=N–C) groups is 2. The van der Waals surface area contributed by atoms with Crippen LogP contribution in [0.4, 0.5) is 0 Å². The van der Waals surface area contributed by atoms with Crippen molar-refractivity contribution in [1.82, 2.24) is 15.1 Å². The molecule has 13 heavy (non-hydrogen) atoms. The monoisotopic (exact) mass is 185 g/mol. The van der Waals surface area contributed by atoms with Crippen molar-refractivity contribution in [2.75, 3.05) is 42.3 Å². The lowest BCUT2D eigenvalue weighted by Gasteiger charge is -2.26. The second-order valence-corrected chi connectivity index (χ2v) is 2.77. The first-order chi connectivity index (χ1) is 6.08. The van der Waals surface area contributed by atoms with Crippen LogP contribution in [0.15, 0.2) is 9.98 Å². The largest absolute Gasteiger partial charge is 0.359 e. The van der Waals surface area contributed by atoms with E-state index in [0.29, 0.717) is 0 Å². The number of rotatable bonds is 0. The summed E-state index contributed by atoms with van der Waals surface area (Å²) < 4.78 is 0. The molecule has 0 fully saturated rings.